The summed E-state index contributed by atoms with van der Waals surface area (Å²) in [7, 11) is 0. The minimum atomic E-state index is 0.144. The van der Waals surface area contributed by atoms with Crippen molar-refractivity contribution in [1.82, 2.24) is 25.0 Å². The van der Waals surface area contributed by atoms with Crippen molar-refractivity contribution in [3.63, 3.8) is 0 Å². The van der Waals surface area contributed by atoms with E-state index in [-0.39, 0.29) is 5.91 Å². The van der Waals surface area contributed by atoms with Crippen LogP contribution in [0.15, 0.2) is 29.4 Å². The molecule has 0 saturated carbocycles. The molecule has 1 aromatic carbocycles. The summed E-state index contributed by atoms with van der Waals surface area (Å²) in [5, 5.41) is 8.25. The number of benzene rings is 1. The normalized spacial score (nSPS) is 15.5. The molecule has 2 aromatic rings. The van der Waals surface area contributed by atoms with Crippen LogP contribution in [0, 0.1) is 0 Å². The molecular formula is C17H22ClN5OS. The average Bonchev–Trinajstić information content (AvgIpc) is 3.10. The van der Waals surface area contributed by atoms with Gasteiger partial charge in [-0.2, -0.15) is 0 Å². The molecule has 0 atom stereocenters. The highest BCUT2D eigenvalue weighted by Crippen LogP contribution is 2.26. The Bertz CT molecular complexity index is 715. The maximum absolute atomic E-state index is 12.4. The van der Waals surface area contributed by atoms with E-state index in [1.807, 2.05) is 29.2 Å². The number of carbonyl (C=O) groups is 1. The summed E-state index contributed by atoms with van der Waals surface area (Å²) in [5.41, 5.74) is 0.807. The van der Waals surface area contributed by atoms with Crippen molar-refractivity contribution in [2.75, 3.05) is 38.5 Å². The third-order valence-electron chi connectivity index (χ3n) is 4.18. The van der Waals surface area contributed by atoms with Crippen molar-refractivity contribution in [2.45, 2.75) is 18.5 Å². The first-order valence-corrected chi connectivity index (χ1v) is 9.84. The number of carbonyl (C=O) groups excluding carboxylic acids is 1. The van der Waals surface area contributed by atoms with Gasteiger partial charge >= 0.3 is 0 Å². The van der Waals surface area contributed by atoms with Crippen LogP contribution < -0.4 is 0 Å². The first-order chi connectivity index (χ1) is 12.2. The predicted octanol–water partition coefficient (Wildman–Crippen LogP) is 2.77. The standard InChI is InChI=1S/C17H22ClN5OS/c1-2-7-22-8-10-23(11-9-22)15(24)12-25-17-19-16(20-21-17)13-5-3-4-6-14(13)18/h3-6H,2,7-12H2,1H3,(H,19,20,21). The highest BCUT2D eigenvalue weighted by molar-refractivity contribution is 7.99. The number of rotatable bonds is 6. The average molecular weight is 380 g/mol. The largest absolute Gasteiger partial charge is 0.339 e. The summed E-state index contributed by atoms with van der Waals surface area (Å²) in [6, 6.07) is 7.47. The molecule has 1 aromatic heterocycles. The Morgan fingerprint density at radius 2 is 2.04 bits per heavy atom. The van der Waals surface area contributed by atoms with Crippen molar-refractivity contribution in [3.8, 4) is 11.4 Å². The zero-order chi connectivity index (χ0) is 17.6. The van der Waals surface area contributed by atoms with Gasteiger partial charge in [-0.15, -0.1) is 5.10 Å². The fraction of sp³-hybridized carbons (Fsp3) is 0.471. The Morgan fingerprint density at radius 3 is 2.76 bits per heavy atom. The highest BCUT2D eigenvalue weighted by Gasteiger charge is 2.21. The summed E-state index contributed by atoms with van der Waals surface area (Å²) in [6.45, 7) is 6.82. The first-order valence-electron chi connectivity index (χ1n) is 8.47. The lowest BCUT2D eigenvalue weighted by Crippen LogP contribution is -2.49. The summed E-state index contributed by atoms with van der Waals surface area (Å²) in [5.74, 6) is 1.12. The maximum Gasteiger partial charge on any atom is 0.233 e. The monoisotopic (exact) mass is 379 g/mol. The molecule has 6 nitrogen and oxygen atoms in total. The minimum Gasteiger partial charge on any atom is -0.339 e. The van der Waals surface area contributed by atoms with Gasteiger partial charge in [-0.25, -0.2) is 4.98 Å². The van der Waals surface area contributed by atoms with Gasteiger partial charge in [0.15, 0.2) is 5.82 Å². The van der Waals surface area contributed by atoms with E-state index >= 15 is 0 Å². The summed E-state index contributed by atoms with van der Waals surface area (Å²) < 4.78 is 0. The lowest BCUT2D eigenvalue weighted by molar-refractivity contribution is -0.130. The number of piperazine rings is 1. The van der Waals surface area contributed by atoms with E-state index in [2.05, 4.69) is 27.0 Å². The zero-order valence-electron chi connectivity index (χ0n) is 14.2. The van der Waals surface area contributed by atoms with Crippen LogP contribution in [0.1, 0.15) is 13.3 Å². The minimum absolute atomic E-state index is 0.144. The molecule has 134 valence electrons. The van der Waals surface area contributed by atoms with Crippen molar-refractivity contribution >= 4 is 29.3 Å². The predicted molar refractivity (Wildman–Crippen MR) is 101 cm³/mol. The molecule has 0 spiro atoms. The Balaban J connectivity index is 1.51. The van der Waals surface area contributed by atoms with Crippen molar-refractivity contribution in [1.29, 1.82) is 0 Å². The van der Waals surface area contributed by atoms with Gasteiger partial charge in [-0.05, 0) is 25.1 Å². The van der Waals surface area contributed by atoms with Crippen molar-refractivity contribution < 1.29 is 4.79 Å². The van der Waals surface area contributed by atoms with E-state index in [9.17, 15) is 4.79 Å². The summed E-state index contributed by atoms with van der Waals surface area (Å²) in [6.07, 6.45) is 1.16. The lowest BCUT2D eigenvalue weighted by atomic mass is 10.2. The van der Waals surface area contributed by atoms with Gasteiger partial charge in [0.2, 0.25) is 11.1 Å². The zero-order valence-corrected chi connectivity index (χ0v) is 15.8. The van der Waals surface area contributed by atoms with Crippen LogP contribution in [-0.2, 0) is 4.79 Å². The van der Waals surface area contributed by atoms with E-state index in [1.165, 1.54) is 11.8 Å². The van der Waals surface area contributed by atoms with Gasteiger partial charge < -0.3 is 4.90 Å². The second kappa shape index (κ2) is 8.69. The smallest absolute Gasteiger partial charge is 0.233 e. The number of aromatic nitrogens is 3. The maximum atomic E-state index is 12.4. The van der Waals surface area contributed by atoms with Crippen LogP contribution in [0.25, 0.3) is 11.4 Å². The van der Waals surface area contributed by atoms with E-state index in [0.717, 1.165) is 44.7 Å². The molecule has 2 heterocycles. The summed E-state index contributed by atoms with van der Waals surface area (Å²) >= 11 is 7.53. The molecule has 1 fully saturated rings. The molecule has 1 aliphatic rings. The third-order valence-corrected chi connectivity index (χ3v) is 5.35. The molecule has 0 unspecified atom stereocenters. The number of H-pyrrole nitrogens is 1. The molecule has 3 rings (SSSR count). The molecule has 0 radical (unpaired) electrons. The van der Waals surface area contributed by atoms with E-state index in [0.29, 0.717) is 21.8 Å². The Hall–Kier alpha value is -1.57. The van der Waals surface area contributed by atoms with Crippen molar-refractivity contribution in [2.24, 2.45) is 0 Å². The number of hydrogen-bond acceptors (Lipinski definition) is 5. The lowest BCUT2D eigenvalue weighted by Gasteiger charge is -2.34. The molecular weight excluding hydrogens is 358 g/mol. The van der Waals surface area contributed by atoms with Crippen molar-refractivity contribution in [3.05, 3.63) is 29.3 Å². The number of nitrogens with zero attached hydrogens (tertiary/aromatic N) is 4. The van der Waals surface area contributed by atoms with Gasteiger partial charge in [0.25, 0.3) is 0 Å². The molecule has 25 heavy (non-hydrogen) atoms. The van der Waals surface area contributed by atoms with Crippen LogP contribution >= 0.6 is 23.4 Å². The third kappa shape index (κ3) is 4.74. The number of nitrogens with one attached hydrogen (secondary N) is 1. The Morgan fingerprint density at radius 1 is 1.28 bits per heavy atom. The second-order valence-electron chi connectivity index (χ2n) is 5.96. The van der Waals surface area contributed by atoms with Crippen LogP contribution in [0.3, 0.4) is 0 Å². The van der Waals surface area contributed by atoms with Crippen LogP contribution in [0.2, 0.25) is 5.02 Å². The number of amides is 1. The molecule has 1 saturated heterocycles. The molecule has 0 bridgehead atoms. The molecule has 1 amide bonds. The van der Waals surface area contributed by atoms with Crippen LogP contribution in [0.4, 0.5) is 0 Å². The van der Waals surface area contributed by atoms with Crippen LogP contribution in [0.5, 0.6) is 0 Å². The highest BCUT2D eigenvalue weighted by atomic mass is 35.5. The van der Waals surface area contributed by atoms with Gasteiger partial charge in [0, 0.05) is 31.7 Å². The SMILES string of the molecule is CCCN1CCN(C(=O)CSc2n[nH]c(-c3ccccc3Cl)n2)CC1. The van der Waals surface area contributed by atoms with Crippen LogP contribution in [-0.4, -0.2) is 69.4 Å². The number of halogens is 1. The quantitative estimate of drug-likeness (QED) is 0.782. The molecule has 1 aliphatic heterocycles. The molecule has 1 N–H and O–H groups in total. The Labute approximate surface area is 156 Å². The second-order valence-corrected chi connectivity index (χ2v) is 7.31. The number of hydrogen-bond donors (Lipinski definition) is 1. The van der Waals surface area contributed by atoms with Gasteiger partial charge in [-0.3, -0.25) is 14.8 Å². The summed E-state index contributed by atoms with van der Waals surface area (Å²) in [4.78, 5) is 21.1. The molecule has 0 aliphatic carbocycles. The fourth-order valence-corrected chi connectivity index (χ4v) is 3.77. The number of thioether (sulfide) groups is 1. The van der Waals surface area contributed by atoms with Gasteiger partial charge in [0.05, 0.1) is 10.8 Å². The van der Waals surface area contributed by atoms with E-state index < -0.39 is 0 Å². The Kier molecular flexibility index (Phi) is 6.34. The first kappa shape index (κ1) is 18.2. The van der Waals surface area contributed by atoms with Gasteiger partial charge in [0.1, 0.15) is 0 Å². The topological polar surface area (TPSA) is 65.1 Å². The van der Waals surface area contributed by atoms with E-state index in [4.69, 9.17) is 11.6 Å². The number of aromatic amines is 1. The molecule has 8 heteroatoms. The van der Waals surface area contributed by atoms with Gasteiger partial charge in [-0.1, -0.05) is 42.4 Å². The van der Waals surface area contributed by atoms with E-state index in [1.54, 1.807) is 0 Å². The fourth-order valence-electron chi connectivity index (χ4n) is 2.84.